The molecule has 1 aromatic rings. The Morgan fingerprint density at radius 3 is 2.77 bits per heavy atom. The van der Waals surface area contributed by atoms with E-state index in [4.69, 9.17) is 4.74 Å². The first-order valence-corrected chi connectivity index (χ1v) is 7.96. The van der Waals surface area contributed by atoms with Crippen molar-refractivity contribution < 1.29 is 13.9 Å². The van der Waals surface area contributed by atoms with E-state index < -0.39 is 0 Å². The molecule has 22 heavy (non-hydrogen) atoms. The van der Waals surface area contributed by atoms with E-state index in [1.54, 1.807) is 18.2 Å². The summed E-state index contributed by atoms with van der Waals surface area (Å²) in [5.41, 5.74) is 0. The molecule has 0 bridgehead atoms. The van der Waals surface area contributed by atoms with Gasteiger partial charge in [0, 0.05) is 12.6 Å². The number of benzene rings is 1. The molecule has 1 fully saturated rings. The number of ether oxygens (including phenoxy) is 1. The van der Waals surface area contributed by atoms with Gasteiger partial charge in [-0.25, -0.2) is 4.39 Å². The minimum atomic E-state index is -0.364. The van der Waals surface area contributed by atoms with Crippen molar-refractivity contribution in [3.63, 3.8) is 0 Å². The topological polar surface area (TPSA) is 41.6 Å². The smallest absolute Gasteiger partial charge is 0.237 e. The summed E-state index contributed by atoms with van der Waals surface area (Å²) in [5.74, 6) is -0.0589. The zero-order valence-corrected chi connectivity index (χ0v) is 13.3. The average molecular weight is 308 g/mol. The molecule has 0 unspecified atom stereocenters. The highest BCUT2D eigenvalue weighted by molar-refractivity contribution is 5.81. The lowest BCUT2D eigenvalue weighted by Crippen LogP contribution is -2.47. The molecule has 1 aromatic carbocycles. The maximum Gasteiger partial charge on any atom is 0.237 e. The third-order valence-electron chi connectivity index (χ3n) is 4.28. The molecule has 0 heterocycles. The molecular weight excluding hydrogens is 283 g/mol. The van der Waals surface area contributed by atoms with Gasteiger partial charge < -0.3 is 10.1 Å². The van der Waals surface area contributed by atoms with Crippen LogP contribution in [-0.4, -0.2) is 43.1 Å². The molecule has 0 saturated heterocycles. The fraction of sp³-hybridized carbons (Fsp3) is 0.588. The molecule has 1 atom stereocenters. The number of carbonyl (C=O) groups excluding carboxylic acids is 1. The summed E-state index contributed by atoms with van der Waals surface area (Å²) in [6.45, 7) is 2.79. The number of likely N-dealkylation sites (N-methyl/N-ethyl adjacent to an activating group) is 1. The Morgan fingerprint density at radius 1 is 1.41 bits per heavy atom. The van der Waals surface area contributed by atoms with Crippen LogP contribution >= 0.6 is 0 Å². The normalized spacial score (nSPS) is 16.7. The first-order chi connectivity index (χ1) is 10.6. The van der Waals surface area contributed by atoms with Crippen molar-refractivity contribution in [1.82, 2.24) is 10.2 Å². The molecule has 0 aromatic heterocycles. The predicted molar refractivity (Wildman–Crippen MR) is 84.4 cm³/mol. The average Bonchev–Trinajstić information content (AvgIpc) is 3.01. The minimum absolute atomic E-state index is 0.0558. The summed E-state index contributed by atoms with van der Waals surface area (Å²) >= 11 is 0. The molecule has 1 saturated carbocycles. The van der Waals surface area contributed by atoms with E-state index in [0.717, 1.165) is 12.8 Å². The van der Waals surface area contributed by atoms with Crippen LogP contribution in [0.25, 0.3) is 0 Å². The number of halogens is 1. The van der Waals surface area contributed by atoms with E-state index in [-0.39, 0.29) is 23.5 Å². The number of amides is 1. The predicted octanol–water partition coefficient (Wildman–Crippen LogP) is 2.58. The second-order valence-electron chi connectivity index (χ2n) is 5.93. The lowest BCUT2D eigenvalue weighted by atomic mass is 10.2. The number of hydrogen-bond acceptors (Lipinski definition) is 3. The van der Waals surface area contributed by atoms with E-state index in [1.165, 1.54) is 18.9 Å². The monoisotopic (exact) mass is 308 g/mol. The van der Waals surface area contributed by atoms with Crippen LogP contribution < -0.4 is 10.1 Å². The molecule has 0 spiro atoms. The van der Waals surface area contributed by atoms with Crippen LogP contribution in [0.5, 0.6) is 5.75 Å². The number of nitrogens with one attached hydrogen (secondary N) is 1. The molecule has 0 radical (unpaired) electrons. The van der Waals surface area contributed by atoms with Gasteiger partial charge in [0.1, 0.15) is 6.61 Å². The lowest BCUT2D eigenvalue weighted by Gasteiger charge is -2.25. The number of carbonyl (C=O) groups is 1. The van der Waals surface area contributed by atoms with Gasteiger partial charge in [0.2, 0.25) is 5.91 Å². The maximum absolute atomic E-state index is 13.4. The SMILES string of the molecule is C[C@@H](C(=O)NC1CCCC1)N(C)CCOc1ccccc1F. The van der Waals surface area contributed by atoms with E-state index in [9.17, 15) is 9.18 Å². The largest absolute Gasteiger partial charge is 0.489 e. The summed E-state index contributed by atoms with van der Waals surface area (Å²) in [6.07, 6.45) is 4.56. The van der Waals surface area contributed by atoms with Crippen molar-refractivity contribution in [3.8, 4) is 5.75 Å². The van der Waals surface area contributed by atoms with Crippen LogP contribution in [0, 0.1) is 5.82 Å². The third-order valence-corrected chi connectivity index (χ3v) is 4.28. The molecule has 1 aliphatic rings. The first kappa shape index (κ1) is 16.7. The molecule has 122 valence electrons. The molecule has 1 amide bonds. The van der Waals surface area contributed by atoms with Crippen molar-refractivity contribution >= 4 is 5.91 Å². The fourth-order valence-electron chi connectivity index (χ4n) is 2.65. The zero-order chi connectivity index (χ0) is 15.9. The van der Waals surface area contributed by atoms with Gasteiger partial charge in [-0.05, 0) is 38.9 Å². The Labute approximate surface area is 131 Å². The first-order valence-electron chi connectivity index (χ1n) is 7.96. The number of rotatable bonds is 7. The lowest BCUT2D eigenvalue weighted by molar-refractivity contribution is -0.126. The van der Waals surface area contributed by atoms with Crippen LogP contribution in [0.15, 0.2) is 24.3 Å². The molecule has 4 nitrogen and oxygen atoms in total. The number of hydrogen-bond donors (Lipinski definition) is 1. The van der Waals surface area contributed by atoms with Crippen molar-refractivity contribution in [2.75, 3.05) is 20.2 Å². The second kappa shape index (κ2) is 8.13. The van der Waals surface area contributed by atoms with Gasteiger partial charge in [0.25, 0.3) is 0 Å². The summed E-state index contributed by atoms with van der Waals surface area (Å²) < 4.78 is 18.8. The molecule has 0 aliphatic heterocycles. The van der Waals surface area contributed by atoms with E-state index >= 15 is 0 Å². The van der Waals surface area contributed by atoms with Crippen molar-refractivity contribution in [3.05, 3.63) is 30.1 Å². The Hall–Kier alpha value is -1.62. The quantitative estimate of drug-likeness (QED) is 0.842. The van der Waals surface area contributed by atoms with Gasteiger partial charge in [-0.1, -0.05) is 25.0 Å². The third kappa shape index (κ3) is 4.70. The molecule has 5 heteroatoms. The second-order valence-corrected chi connectivity index (χ2v) is 5.93. The van der Waals surface area contributed by atoms with Crippen LogP contribution in [0.3, 0.4) is 0 Å². The highest BCUT2D eigenvalue weighted by atomic mass is 19.1. The van der Waals surface area contributed by atoms with Gasteiger partial charge in [-0.2, -0.15) is 0 Å². The van der Waals surface area contributed by atoms with E-state index in [1.807, 2.05) is 18.9 Å². The zero-order valence-electron chi connectivity index (χ0n) is 13.3. The molecule has 1 aliphatic carbocycles. The summed E-state index contributed by atoms with van der Waals surface area (Å²) in [4.78, 5) is 14.1. The van der Waals surface area contributed by atoms with Crippen LogP contribution in [0.2, 0.25) is 0 Å². The van der Waals surface area contributed by atoms with E-state index in [2.05, 4.69) is 5.32 Å². The molecule has 2 rings (SSSR count). The summed E-state index contributed by atoms with van der Waals surface area (Å²) in [7, 11) is 1.88. The van der Waals surface area contributed by atoms with Gasteiger partial charge in [0.05, 0.1) is 6.04 Å². The fourth-order valence-corrected chi connectivity index (χ4v) is 2.65. The van der Waals surface area contributed by atoms with Crippen molar-refractivity contribution in [2.45, 2.75) is 44.7 Å². The van der Waals surface area contributed by atoms with Gasteiger partial charge >= 0.3 is 0 Å². The Balaban J connectivity index is 1.72. The van der Waals surface area contributed by atoms with Gasteiger partial charge in [-0.15, -0.1) is 0 Å². The van der Waals surface area contributed by atoms with Crippen molar-refractivity contribution in [1.29, 1.82) is 0 Å². The standard InChI is InChI=1S/C17H25FN2O2/c1-13(17(21)19-14-7-3-4-8-14)20(2)11-12-22-16-10-6-5-9-15(16)18/h5-6,9-10,13-14H,3-4,7-8,11-12H2,1-2H3,(H,19,21)/t13-/m0/s1. The number of nitrogens with zero attached hydrogens (tertiary/aromatic N) is 1. The molecular formula is C17H25FN2O2. The maximum atomic E-state index is 13.4. The minimum Gasteiger partial charge on any atom is -0.489 e. The van der Waals surface area contributed by atoms with E-state index in [0.29, 0.717) is 19.2 Å². The number of para-hydroxylation sites is 1. The van der Waals surface area contributed by atoms with Crippen LogP contribution in [0.1, 0.15) is 32.6 Å². The summed E-state index contributed by atoms with van der Waals surface area (Å²) in [6, 6.07) is 6.45. The van der Waals surface area contributed by atoms with Gasteiger partial charge in [-0.3, -0.25) is 9.69 Å². The highest BCUT2D eigenvalue weighted by Crippen LogP contribution is 2.18. The van der Waals surface area contributed by atoms with Gasteiger partial charge in [0.15, 0.2) is 11.6 Å². The molecule has 1 N–H and O–H groups in total. The van der Waals surface area contributed by atoms with Crippen molar-refractivity contribution in [2.24, 2.45) is 0 Å². The summed E-state index contributed by atoms with van der Waals surface area (Å²) in [5, 5.41) is 3.10. The van der Waals surface area contributed by atoms with Crippen LogP contribution in [-0.2, 0) is 4.79 Å². The Morgan fingerprint density at radius 2 is 2.09 bits per heavy atom. The Kier molecular flexibility index (Phi) is 6.19. The Bertz CT molecular complexity index is 489. The van der Waals surface area contributed by atoms with Crippen LogP contribution in [0.4, 0.5) is 4.39 Å². The highest BCUT2D eigenvalue weighted by Gasteiger charge is 2.22.